The molecule has 2 aromatic rings. The van der Waals surface area contributed by atoms with Gasteiger partial charge in [-0.2, -0.15) is 0 Å². The fourth-order valence-electron chi connectivity index (χ4n) is 5.92. The van der Waals surface area contributed by atoms with Gasteiger partial charge in [0.15, 0.2) is 0 Å². The van der Waals surface area contributed by atoms with E-state index in [2.05, 4.69) is 84.8 Å². The van der Waals surface area contributed by atoms with Gasteiger partial charge in [0.05, 0.1) is 33.3 Å². The van der Waals surface area contributed by atoms with Crippen LogP contribution in [0.4, 0.5) is 11.4 Å². The molecule has 0 saturated heterocycles. The number of anilines is 2. The highest BCUT2D eigenvalue weighted by Crippen LogP contribution is 2.27. The highest BCUT2D eigenvalue weighted by molar-refractivity contribution is 7.85. The van der Waals surface area contributed by atoms with E-state index < -0.39 is 20.2 Å². The molecule has 4 rings (SSSR count). The first-order valence-corrected chi connectivity index (χ1v) is 17.4. The minimum atomic E-state index is -4.10. The van der Waals surface area contributed by atoms with Crippen LogP contribution in [0.15, 0.2) is 24.3 Å². The lowest BCUT2D eigenvalue weighted by atomic mass is 10.0. The maximum Gasteiger partial charge on any atom is 0.239 e. The zero-order valence-electron chi connectivity index (χ0n) is 26.1. The van der Waals surface area contributed by atoms with E-state index >= 15 is 0 Å². The SMILES string of the molecule is Cc1cc(C)c(N2C=[N+](CCCS(=O)(=O)[O-])CC2)c(C)c1.Cc1cc(C)c(N2C=[N+](CCCS(=O)(=O)[O-])CC2)c(C)c1.O. The molecule has 0 unspecified atom stereocenters. The van der Waals surface area contributed by atoms with E-state index in [0.29, 0.717) is 25.9 Å². The molecule has 0 saturated carbocycles. The Kier molecular flexibility index (Phi) is 12.9. The maximum absolute atomic E-state index is 10.6. The first-order valence-electron chi connectivity index (χ1n) is 14.3. The third-order valence-corrected chi connectivity index (χ3v) is 8.96. The number of benzene rings is 2. The Morgan fingerprint density at radius 3 is 1.21 bits per heavy atom. The molecule has 2 heterocycles. The summed E-state index contributed by atoms with van der Waals surface area (Å²) in [6.07, 6.45) is 4.81. The third-order valence-electron chi connectivity index (χ3n) is 7.39. The van der Waals surface area contributed by atoms with Gasteiger partial charge in [0.25, 0.3) is 0 Å². The first kappa shape index (κ1) is 36.4. The molecule has 240 valence electrons. The lowest BCUT2D eigenvalue weighted by molar-refractivity contribution is -0.513. The Bertz CT molecular complexity index is 1410. The van der Waals surface area contributed by atoms with Crippen molar-refractivity contribution in [1.82, 2.24) is 0 Å². The van der Waals surface area contributed by atoms with Crippen LogP contribution in [0.3, 0.4) is 0 Å². The monoisotopic (exact) mass is 638 g/mol. The van der Waals surface area contributed by atoms with E-state index in [1.54, 1.807) is 0 Å². The van der Waals surface area contributed by atoms with Gasteiger partial charge in [-0.3, -0.25) is 9.15 Å². The van der Waals surface area contributed by atoms with Crippen LogP contribution in [0, 0.1) is 41.5 Å². The number of aryl methyl sites for hydroxylation is 6. The summed E-state index contributed by atoms with van der Waals surface area (Å²) in [5.41, 5.74) is 9.93. The van der Waals surface area contributed by atoms with Gasteiger partial charge in [0.1, 0.15) is 37.6 Å². The summed E-state index contributed by atoms with van der Waals surface area (Å²) in [4.78, 5) is 4.41. The largest absolute Gasteiger partial charge is 0.748 e. The second-order valence-electron chi connectivity index (χ2n) is 11.4. The van der Waals surface area contributed by atoms with Crippen molar-refractivity contribution in [1.29, 1.82) is 0 Å². The van der Waals surface area contributed by atoms with Crippen LogP contribution in [0.2, 0.25) is 0 Å². The van der Waals surface area contributed by atoms with Crippen molar-refractivity contribution in [2.24, 2.45) is 0 Å². The summed E-state index contributed by atoms with van der Waals surface area (Å²) < 4.78 is 67.9. The van der Waals surface area contributed by atoms with Crippen LogP contribution in [0.5, 0.6) is 0 Å². The average molecular weight is 639 g/mol. The van der Waals surface area contributed by atoms with E-state index in [9.17, 15) is 25.9 Å². The standard InChI is InChI=1S/2C15H22N2O3S.H2O/c2*1-12-9-13(2)15(14(3)10-12)17-7-6-16(11-17)5-4-8-21(18,19)20;/h2*9-11H,4-8H2,1-3H3;1H2. The zero-order chi connectivity index (χ0) is 31.2. The molecule has 43 heavy (non-hydrogen) atoms. The topological polar surface area (TPSA) is 158 Å². The van der Waals surface area contributed by atoms with E-state index in [1.807, 2.05) is 12.7 Å². The fraction of sp³-hybridized carbons (Fsp3) is 0.533. The molecule has 2 aliphatic rings. The molecule has 0 spiro atoms. The smallest absolute Gasteiger partial charge is 0.239 e. The summed E-state index contributed by atoms with van der Waals surface area (Å²) in [5, 5.41) is 0. The Labute approximate surface area is 257 Å². The van der Waals surface area contributed by atoms with Gasteiger partial charge in [-0.25, -0.2) is 26.6 Å². The molecule has 11 nitrogen and oxygen atoms in total. The highest BCUT2D eigenvalue weighted by atomic mass is 32.2. The van der Waals surface area contributed by atoms with Crippen molar-refractivity contribution < 1.29 is 40.6 Å². The van der Waals surface area contributed by atoms with Gasteiger partial charge in [0.2, 0.25) is 12.7 Å². The van der Waals surface area contributed by atoms with Crippen molar-refractivity contribution in [3.8, 4) is 0 Å². The predicted molar refractivity (Wildman–Crippen MR) is 170 cm³/mol. The van der Waals surface area contributed by atoms with Crippen LogP contribution in [-0.2, 0) is 20.2 Å². The molecule has 2 N–H and O–H groups in total. The van der Waals surface area contributed by atoms with E-state index in [0.717, 1.165) is 26.2 Å². The van der Waals surface area contributed by atoms with Crippen molar-refractivity contribution in [3.63, 3.8) is 0 Å². The van der Waals surface area contributed by atoms with Crippen LogP contribution < -0.4 is 9.80 Å². The molecule has 0 amide bonds. The molecule has 0 aromatic heterocycles. The van der Waals surface area contributed by atoms with Crippen LogP contribution in [0.1, 0.15) is 46.2 Å². The third kappa shape index (κ3) is 11.3. The molecular weight excluding hydrogens is 592 g/mol. The van der Waals surface area contributed by atoms with Crippen LogP contribution in [0.25, 0.3) is 0 Å². The van der Waals surface area contributed by atoms with Crippen molar-refractivity contribution >= 4 is 44.3 Å². The Morgan fingerprint density at radius 2 is 0.930 bits per heavy atom. The molecule has 0 aliphatic carbocycles. The van der Waals surface area contributed by atoms with Crippen molar-refractivity contribution in [3.05, 3.63) is 57.6 Å². The van der Waals surface area contributed by atoms with Gasteiger partial charge in [-0.1, -0.05) is 35.4 Å². The minimum absolute atomic E-state index is 0. The molecule has 0 fully saturated rings. The van der Waals surface area contributed by atoms with Crippen LogP contribution in [-0.4, -0.2) is 104 Å². The maximum atomic E-state index is 10.6. The number of nitrogens with zero attached hydrogens (tertiary/aromatic N) is 4. The van der Waals surface area contributed by atoms with Gasteiger partial charge in [0, 0.05) is 11.5 Å². The number of hydrogen-bond donors (Lipinski definition) is 0. The molecule has 0 atom stereocenters. The number of rotatable bonds is 10. The summed E-state index contributed by atoms with van der Waals surface area (Å²) >= 11 is 0. The minimum Gasteiger partial charge on any atom is -0.748 e. The number of hydrogen-bond acceptors (Lipinski definition) is 8. The molecule has 2 aromatic carbocycles. The predicted octanol–water partition coefficient (Wildman–Crippen LogP) is 1.99. The quantitative estimate of drug-likeness (QED) is 0.282. The Hall–Kier alpha value is -2.84. The summed E-state index contributed by atoms with van der Waals surface area (Å²) in [6, 6.07) is 8.68. The highest BCUT2D eigenvalue weighted by Gasteiger charge is 2.25. The van der Waals surface area contributed by atoms with Gasteiger partial charge < -0.3 is 14.6 Å². The Balaban J connectivity index is 0.000000293. The molecular formula is C30H46N4O7S2. The normalized spacial score (nSPS) is 15.1. The van der Waals surface area contributed by atoms with Gasteiger partial charge in [-0.15, -0.1) is 0 Å². The average Bonchev–Trinajstić information content (AvgIpc) is 3.47. The van der Waals surface area contributed by atoms with E-state index in [4.69, 9.17) is 0 Å². The van der Waals surface area contributed by atoms with Gasteiger partial charge in [-0.05, 0) is 76.6 Å². The summed E-state index contributed by atoms with van der Waals surface area (Å²) in [7, 11) is -8.21. The van der Waals surface area contributed by atoms with Crippen molar-refractivity contribution in [2.75, 3.05) is 60.6 Å². The van der Waals surface area contributed by atoms with E-state index in [-0.39, 0.29) is 17.0 Å². The zero-order valence-corrected chi connectivity index (χ0v) is 27.7. The molecule has 0 radical (unpaired) electrons. The lowest BCUT2D eigenvalue weighted by Gasteiger charge is -2.13. The molecule has 13 heteroatoms. The van der Waals surface area contributed by atoms with Crippen LogP contribution >= 0.6 is 0 Å². The van der Waals surface area contributed by atoms with E-state index in [1.165, 1.54) is 44.8 Å². The first-order chi connectivity index (χ1) is 19.5. The Morgan fingerprint density at radius 1 is 0.628 bits per heavy atom. The van der Waals surface area contributed by atoms with Gasteiger partial charge >= 0.3 is 0 Å². The second-order valence-corrected chi connectivity index (χ2v) is 14.5. The summed E-state index contributed by atoms with van der Waals surface area (Å²) in [6.45, 7) is 17.3. The fourth-order valence-corrected chi connectivity index (χ4v) is 6.88. The lowest BCUT2D eigenvalue weighted by Crippen LogP contribution is -2.20. The second kappa shape index (κ2) is 15.2. The van der Waals surface area contributed by atoms with Crippen molar-refractivity contribution in [2.45, 2.75) is 54.4 Å². The molecule has 0 bridgehead atoms. The summed E-state index contributed by atoms with van der Waals surface area (Å²) in [5.74, 6) is -0.583. The molecule has 2 aliphatic heterocycles.